The predicted molar refractivity (Wildman–Crippen MR) is 49.3 cm³/mol. The molecule has 0 aromatic heterocycles. The molecule has 0 aliphatic rings. The van der Waals surface area contributed by atoms with E-state index in [2.05, 4.69) is 33.0 Å². The van der Waals surface area contributed by atoms with Crippen LogP contribution in [-0.2, 0) is 0 Å². The van der Waals surface area contributed by atoms with E-state index in [0.717, 1.165) is 11.1 Å². The first-order chi connectivity index (χ1) is 4.70. The monoisotopic (exact) mass is 156 g/mol. The van der Waals surface area contributed by atoms with Gasteiger partial charge in [0.1, 0.15) is 0 Å². The lowest BCUT2D eigenvalue weighted by molar-refractivity contribution is 0.877. The minimum absolute atomic E-state index is 0.766. The zero-order valence-electron chi connectivity index (χ0n) is 6.15. The van der Waals surface area contributed by atoms with Gasteiger partial charge in [0.2, 0.25) is 0 Å². The highest BCUT2D eigenvalue weighted by Gasteiger charge is 1.81. The zero-order valence-corrected chi connectivity index (χ0v) is 7.30. The zero-order chi connectivity index (χ0) is 7.98. The van der Waals surface area contributed by atoms with E-state index in [4.69, 9.17) is 0 Å². The van der Waals surface area contributed by atoms with Gasteiger partial charge in [0.15, 0.2) is 0 Å². The average molecular weight is 156 g/mol. The molecule has 56 valence electrons. The van der Waals surface area contributed by atoms with Crippen LogP contribution in [0.4, 0.5) is 0 Å². The van der Waals surface area contributed by atoms with E-state index in [1.165, 1.54) is 0 Å². The smallest absolute Gasteiger partial charge is 0.0950 e. The van der Waals surface area contributed by atoms with Crippen molar-refractivity contribution < 1.29 is 0 Å². The van der Waals surface area contributed by atoms with Gasteiger partial charge in [-0.1, -0.05) is 19.2 Å². The normalized spacial score (nSPS) is 10.4. The summed E-state index contributed by atoms with van der Waals surface area (Å²) in [6, 6.07) is 0. The lowest BCUT2D eigenvalue weighted by Gasteiger charge is -2.02. The number of allylic oxidation sites excluding steroid dienone is 2. The lowest BCUT2D eigenvalue weighted by atomic mass is 10.6. The topological polar surface area (TPSA) is 24.1 Å². The second kappa shape index (κ2) is 5.07. The lowest BCUT2D eigenvalue weighted by Crippen LogP contribution is -2.16. The van der Waals surface area contributed by atoms with E-state index in [1.54, 1.807) is 19.3 Å². The highest BCUT2D eigenvalue weighted by molar-refractivity contribution is 7.22. The summed E-state index contributed by atoms with van der Waals surface area (Å²) in [6.45, 7) is 7.25. The van der Waals surface area contributed by atoms with Crippen molar-refractivity contribution in [2.24, 2.45) is 0 Å². The van der Waals surface area contributed by atoms with E-state index in [0.29, 0.717) is 0 Å². The Labute approximate surface area is 64.3 Å². The highest BCUT2D eigenvalue weighted by Crippen LogP contribution is 2.02. The Bertz CT molecular complexity index is 161. The molecule has 0 aliphatic heterocycles. The second-order valence-corrected chi connectivity index (χ2v) is 2.39. The van der Waals surface area contributed by atoms with Crippen LogP contribution in [0.1, 0.15) is 0 Å². The van der Waals surface area contributed by atoms with Gasteiger partial charge < -0.3 is 10.6 Å². The molecule has 0 spiro atoms. The highest BCUT2D eigenvalue weighted by atomic mass is 31.0. The van der Waals surface area contributed by atoms with Crippen LogP contribution < -0.4 is 10.6 Å². The van der Waals surface area contributed by atoms with Crippen molar-refractivity contribution >= 4 is 9.24 Å². The fraction of sp³-hybridized carbons (Fsp3) is 0.143. The predicted octanol–water partition coefficient (Wildman–Crippen LogP) is 1.17. The molecule has 0 fully saturated rings. The summed E-state index contributed by atoms with van der Waals surface area (Å²) in [5.74, 6) is 0.766. The van der Waals surface area contributed by atoms with Gasteiger partial charge in [-0.2, -0.15) is 0 Å². The summed E-state index contributed by atoms with van der Waals surface area (Å²) in [7, 11) is 4.34. The molecule has 0 aromatic rings. The standard InChI is InChI=1S/C7H13N2P/c1-4-7(10)5-9-6(2)8-3/h4-5,8-9H,1-2,10H2,3H3/b7-5+. The van der Waals surface area contributed by atoms with Crippen molar-refractivity contribution in [1.82, 2.24) is 10.6 Å². The van der Waals surface area contributed by atoms with Crippen LogP contribution in [0.15, 0.2) is 36.6 Å². The molecule has 0 radical (unpaired) electrons. The minimum atomic E-state index is 0.766. The number of nitrogens with one attached hydrogen (secondary N) is 2. The maximum atomic E-state index is 3.67. The summed E-state index contributed by atoms with van der Waals surface area (Å²) in [4.78, 5) is 0. The van der Waals surface area contributed by atoms with E-state index in [-0.39, 0.29) is 0 Å². The molecule has 1 atom stereocenters. The molecule has 0 aliphatic carbocycles. The Kier molecular flexibility index (Phi) is 4.69. The molecule has 0 amide bonds. The molecule has 3 heteroatoms. The maximum absolute atomic E-state index is 3.67. The van der Waals surface area contributed by atoms with Crippen LogP contribution in [0.3, 0.4) is 0 Å². The summed E-state index contributed by atoms with van der Waals surface area (Å²) in [5, 5.41) is 6.77. The van der Waals surface area contributed by atoms with Gasteiger partial charge >= 0.3 is 0 Å². The quantitative estimate of drug-likeness (QED) is 0.471. The molecule has 0 heterocycles. The number of hydrogen-bond acceptors (Lipinski definition) is 2. The largest absolute Gasteiger partial charge is 0.375 e. The van der Waals surface area contributed by atoms with E-state index < -0.39 is 0 Å². The summed E-state index contributed by atoms with van der Waals surface area (Å²) in [5.41, 5.74) is 0. The van der Waals surface area contributed by atoms with Crippen molar-refractivity contribution in [3.05, 3.63) is 36.6 Å². The first-order valence-electron chi connectivity index (χ1n) is 2.92. The van der Waals surface area contributed by atoms with Crippen molar-refractivity contribution in [3.63, 3.8) is 0 Å². The van der Waals surface area contributed by atoms with Gasteiger partial charge in [0.05, 0.1) is 5.82 Å². The Morgan fingerprint density at radius 1 is 1.60 bits per heavy atom. The van der Waals surface area contributed by atoms with Crippen LogP contribution in [0.5, 0.6) is 0 Å². The van der Waals surface area contributed by atoms with Crippen LogP contribution >= 0.6 is 9.24 Å². The molecule has 0 saturated heterocycles. The fourth-order valence-corrected chi connectivity index (χ4v) is 0.385. The Hall–Kier alpha value is -0.750. The van der Waals surface area contributed by atoms with E-state index >= 15 is 0 Å². The maximum Gasteiger partial charge on any atom is 0.0950 e. The van der Waals surface area contributed by atoms with Crippen molar-refractivity contribution in [2.75, 3.05) is 7.05 Å². The van der Waals surface area contributed by atoms with Crippen molar-refractivity contribution in [2.45, 2.75) is 0 Å². The first kappa shape index (κ1) is 9.25. The minimum Gasteiger partial charge on any atom is -0.375 e. The molecule has 0 rings (SSSR count). The third kappa shape index (κ3) is 4.16. The molecule has 0 aromatic carbocycles. The molecule has 10 heavy (non-hydrogen) atoms. The molecular formula is C7H13N2P. The molecule has 2 N–H and O–H groups in total. The van der Waals surface area contributed by atoms with Crippen molar-refractivity contribution in [1.29, 1.82) is 0 Å². The van der Waals surface area contributed by atoms with Crippen LogP contribution in [0.2, 0.25) is 0 Å². The fourth-order valence-electron chi connectivity index (χ4n) is 0.302. The van der Waals surface area contributed by atoms with Gasteiger partial charge in [-0.15, -0.1) is 9.24 Å². The molecular weight excluding hydrogens is 143 g/mol. The van der Waals surface area contributed by atoms with E-state index in [9.17, 15) is 0 Å². The van der Waals surface area contributed by atoms with Gasteiger partial charge in [-0.3, -0.25) is 0 Å². The number of hydrogen-bond donors (Lipinski definition) is 2. The Morgan fingerprint density at radius 3 is 2.60 bits per heavy atom. The molecule has 0 saturated carbocycles. The third-order valence-electron chi connectivity index (χ3n) is 0.951. The Morgan fingerprint density at radius 2 is 2.20 bits per heavy atom. The second-order valence-electron chi connectivity index (χ2n) is 1.72. The summed E-state index contributed by atoms with van der Waals surface area (Å²) >= 11 is 0. The van der Waals surface area contributed by atoms with Crippen LogP contribution in [0.25, 0.3) is 0 Å². The Balaban J connectivity index is 3.71. The average Bonchev–Trinajstić information content (AvgIpc) is 1.99. The first-order valence-corrected chi connectivity index (χ1v) is 3.49. The molecule has 1 unspecified atom stereocenters. The SMILES string of the molecule is C=C/C(P)=C\NC(=C)NC. The number of rotatable bonds is 4. The van der Waals surface area contributed by atoms with Gasteiger partial charge in [0.25, 0.3) is 0 Å². The van der Waals surface area contributed by atoms with E-state index in [1.807, 2.05) is 0 Å². The summed E-state index contributed by atoms with van der Waals surface area (Å²) < 4.78 is 0. The van der Waals surface area contributed by atoms with Crippen LogP contribution in [-0.4, -0.2) is 7.05 Å². The van der Waals surface area contributed by atoms with Gasteiger partial charge in [-0.25, -0.2) is 0 Å². The van der Waals surface area contributed by atoms with Gasteiger partial charge in [-0.05, 0) is 5.31 Å². The third-order valence-corrected chi connectivity index (χ3v) is 1.35. The van der Waals surface area contributed by atoms with Crippen molar-refractivity contribution in [3.8, 4) is 0 Å². The van der Waals surface area contributed by atoms with Gasteiger partial charge in [0, 0.05) is 13.2 Å². The molecule has 2 nitrogen and oxygen atoms in total. The van der Waals surface area contributed by atoms with Crippen LogP contribution in [0, 0.1) is 0 Å². The summed E-state index contributed by atoms with van der Waals surface area (Å²) in [6.07, 6.45) is 3.54. The molecule has 0 bridgehead atoms.